The molecule has 4 nitrogen and oxygen atoms in total. The molecule has 0 saturated carbocycles. The van der Waals surface area contributed by atoms with E-state index in [0.717, 1.165) is 0 Å². The average Bonchev–Trinajstić information content (AvgIpc) is 2.36. The Balaban J connectivity index is 0.00000200. The maximum absolute atomic E-state index is 11.5. The van der Waals surface area contributed by atoms with Gasteiger partial charge in [0.1, 0.15) is 0 Å². The van der Waals surface area contributed by atoms with E-state index in [-0.39, 0.29) is 29.6 Å². The zero-order valence-corrected chi connectivity index (χ0v) is 14.4. The first-order valence-electron chi connectivity index (χ1n) is 5.50. The molecular formula is C13H12ClNNaO3S. The van der Waals surface area contributed by atoms with Crippen LogP contribution in [-0.4, -0.2) is 42.5 Å². The minimum atomic E-state index is -4.28. The summed E-state index contributed by atoms with van der Waals surface area (Å²) in [6, 6.07) is 15.0. The molecule has 1 atom stereocenters. The Kier molecular flexibility index (Phi) is 6.51. The molecule has 1 unspecified atom stereocenters. The Morgan fingerprint density at radius 2 is 1.70 bits per heavy atom. The van der Waals surface area contributed by atoms with Crippen LogP contribution in [0.2, 0.25) is 5.02 Å². The number of hydrogen-bond donors (Lipinski definition) is 2. The van der Waals surface area contributed by atoms with Crippen LogP contribution in [0.4, 0.5) is 5.69 Å². The summed E-state index contributed by atoms with van der Waals surface area (Å²) in [6.07, 6.45) is 0. The molecule has 0 amide bonds. The molecule has 0 heterocycles. The third-order valence-corrected chi connectivity index (χ3v) is 3.74. The molecular weight excluding hydrogens is 309 g/mol. The van der Waals surface area contributed by atoms with Gasteiger partial charge in [-0.25, -0.2) is 0 Å². The Labute approximate surface area is 145 Å². The largest absolute Gasteiger partial charge is 0.363 e. The van der Waals surface area contributed by atoms with Crippen molar-refractivity contribution >= 4 is 57.0 Å². The van der Waals surface area contributed by atoms with Crippen LogP contribution in [0.5, 0.6) is 0 Å². The van der Waals surface area contributed by atoms with Crippen molar-refractivity contribution in [3.05, 3.63) is 65.2 Å². The number of nitrogens with one attached hydrogen (secondary N) is 1. The van der Waals surface area contributed by atoms with Crippen molar-refractivity contribution in [2.45, 2.75) is 5.37 Å². The standard InChI is InChI=1S/C13H12ClNO3S.Na/c14-11-7-4-8-12(9-11)15-13(19(16,17)18)10-5-2-1-3-6-10;/h1-9,13,15H,(H,16,17,18);. The van der Waals surface area contributed by atoms with Gasteiger partial charge in [0.25, 0.3) is 10.1 Å². The summed E-state index contributed by atoms with van der Waals surface area (Å²) in [7, 11) is -4.28. The van der Waals surface area contributed by atoms with E-state index in [2.05, 4.69) is 5.32 Å². The average molecular weight is 321 g/mol. The first-order valence-corrected chi connectivity index (χ1v) is 7.38. The summed E-state index contributed by atoms with van der Waals surface area (Å²) in [4.78, 5) is 0. The third-order valence-electron chi connectivity index (χ3n) is 2.52. The molecule has 1 radical (unpaired) electrons. The Bertz CT molecular complexity index is 664. The molecule has 101 valence electrons. The van der Waals surface area contributed by atoms with E-state index in [0.29, 0.717) is 16.3 Å². The number of halogens is 1. The van der Waals surface area contributed by atoms with Gasteiger partial charge < -0.3 is 5.32 Å². The Morgan fingerprint density at radius 3 is 2.25 bits per heavy atom. The van der Waals surface area contributed by atoms with Crippen LogP contribution in [0.1, 0.15) is 10.9 Å². The van der Waals surface area contributed by atoms with E-state index in [4.69, 9.17) is 11.6 Å². The molecule has 0 saturated heterocycles. The molecule has 2 aromatic carbocycles. The normalized spacial score (nSPS) is 12.3. The number of anilines is 1. The van der Waals surface area contributed by atoms with Crippen LogP contribution < -0.4 is 5.32 Å². The molecule has 2 rings (SSSR count). The predicted octanol–water partition coefficient (Wildman–Crippen LogP) is 2.96. The van der Waals surface area contributed by atoms with Crippen molar-refractivity contribution in [2.24, 2.45) is 0 Å². The summed E-state index contributed by atoms with van der Waals surface area (Å²) in [5.41, 5.74) is 0.962. The van der Waals surface area contributed by atoms with Gasteiger partial charge in [-0.2, -0.15) is 8.42 Å². The van der Waals surface area contributed by atoms with Gasteiger partial charge >= 0.3 is 0 Å². The molecule has 2 aromatic rings. The van der Waals surface area contributed by atoms with Gasteiger partial charge in [-0.3, -0.25) is 4.55 Å². The molecule has 0 aliphatic heterocycles. The van der Waals surface area contributed by atoms with E-state index in [1.807, 2.05) is 0 Å². The monoisotopic (exact) mass is 320 g/mol. The quantitative estimate of drug-likeness (QED) is 0.671. The van der Waals surface area contributed by atoms with Crippen LogP contribution in [0, 0.1) is 0 Å². The first kappa shape index (κ1) is 17.5. The molecule has 0 fully saturated rings. The van der Waals surface area contributed by atoms with Gasteiger partial charge in [0, 0.05) is 40.3 Å². The second kappa shape index (κ2) is 7.45. The maximum Gasteiger partial charge on any atom is 0.290 e. The van der Waals surface area contributed by atoms with Gasteiger partial charge in [0.2, 0.25) is 0 Å². The van der Waals surface area contributed by atoms with E-state index in [1.165, 1.54) is 0 Å². The molecule has 0 bridgehead atoms. The maximum atomic E-state index is 11.5. The second-order valence-electron chi connectivity index (χ2n) is 3.96. The first-order chi connectivity index (χ1) is 8.97. The van der Waals surface area contributed by atoms with Crippen molar-refractivity contribution in [1.29, 1.82) is 0 Å². The predicted molar refractivity (Wildman–Crippen MR) is 81.6 cm³/mol. The Morgan fingerprint density at radius 1 is 1.05 bits per heavy atom. The van der Waals surface area contributed by atoms with E-state index in [9.17, 15) is 13.0 Å². The fraction of sp³-hybridized carbons (Fsp3) is 0.0769. The van der Waals surface area contributed by atoms with Crippen molar-refractivity contribution in [3.63, 3.8) is 0 Å². The van der Waals surface area contributed by atoms with Gasteiger partial charge in [-0.05, 0) is 23.8 Å². The number of rotatable bonds is 4. The minimum Gasteiger partial charge on any atom is -0.363 e. The van der Waals surface area contributed by atoms with Gasteiger partial charge in [0.05, 0.1) is 0 Å². The molecule has 0 spiro atoms. The minimum absolute atomic E-state index is 0. The fourth-order valence-electron chi connectivity index (χ4n) is 1.69. The molecule has 20 heavy (non-hydrogen) atoms. The SMILES string of the molecule is O=S(=O)(O)C(Nc1cccc(Cl)c1)c1ccccc1.[Na]. The van der Waals surface area contributed by atoms with Crippen LogP contribution in [0.15, 0.2) is 54.6 Å². The molecule has 0 aromatic heterocycles. The zero-order chi connectivity index (χ0) is 13.9. The smallest absolute Gasteiger partial charge is 0.290 e. The van der Waals surface area contributed by atoms with Crippen molar-refractivity contribution in [3.8, 4) is 0 Å². The summed E-state index contributed by atoms with van der Waals surface area (Å²) in [5, 5.41) is 2.00. The van der Waals surface area contributed by atoms with Gasteiger partial charge in [-0.15, -0.1) is 0 Å². The summed E-state index contributed by atoms with van der Waals surface area (Å²) >= 11 is 5.84. The van der Waals surface area contributed by atoms with Crippen molar-refractivity contribution in [2.75, 3.05) is 5.32 Å². The Hall–Kier alpha value is -0.560. The van der Waals surface area contributed by atoms with Crippen LogP contribution in [0.25, 0.3) is 0 Å². The van der Waals surface area contributed by atoms with Crippen LogP contribution >= 0.6 is 11.6 Å². The van der Waals surface area contributed by atoms with Gasteiger partial charge in [-0.1, -0.05) is 48.0 Å². The molecule has 0 aliphatic rings. The van der Waals surface area contributed by atoms with Crippen LogP contribution in [-0.2, 0) is 10.1 Å². The molecule has 7 heteroatoms. The fourth-order valence-corrected chi connectivity index (χ4v) is 2.66. The van der Waals surface area contributed by atoms with Crippen LogP contribution in [0.3, 0.4) is 0 Å². The molecule has 2 N–H and O–H groups in total. The van der Waals surface area contributed by atoms with Crippen molar-refractivity contribution in [1.82, 2.24) is 0 Å². The van der Waals surface area contributed by atoms with E-state index in [1.54, 1.807) is 54.6 Å². The summed E-state index contributed by atoms with van der Waals surface area (Å²) < 4.78 is 32.3. The topological polar surface area (TPSA) is 66.4 Å². The second-order valence-corrected chi connectivity index (χ2v) is 5.90. The number of benzene rings is 2. The van der Waals surface area contributed by atoms with E-state index >= 15 is 0 Å². The van der Waals surface area contributed by atoms with Gasteiger partial charge in [0.15, 0.2) is 5.37 Å². The number of hydrogen-bond acceptors (Lipinski definition) is 3. The molecule has 0 aliphatic carbocycles. The third kappa shape index (κ3) is 4.77. The summed E-state index contributed by atoms with van der Waals surface area (Å²) in [5.74, 6) is 0. The van der Waals surface area contributed by atoms with Crippen molar-refractivity contribution < 1.29 is 13.0 Å². The van der Waals surface area contributed by atoms with E-state index < -0.39 is 15.5 Å². The zero-order valence-electron chi connectivity index (χ0n) is 10.8. The summed E-state index contributed by atoms with van der Waals surface area (Å²) in [6.45, 7) is 0.